The van der Waals surface area contributed by atoms with Crippen molar-refractivity contribution in [2.24, 2.45) is 5.73 Å². The first kappa shape index (κ1) is 36.0. The molecule has 2 aliphatic rings. The van der Waals surface area contributed by atoms with Crippen LogP contribution in [-0.4, -0.2) is 105 Å². The summed E-state index contributed by atoms with van der Waals surface area (Å²) in [5, 5.41) is 6.89. The van der Waals surface area contributed by atoms with Crippen molar-refractivity contribution in [1.29, 1.82) is 0 Å². The second-order valence-corrected chi connectivity index (χ2v) is 14.9. The first-order valence-electron chi connectivity index (χ1n) is 16.8. The van der Waals surface area contributed by atoms with Crippen molar-refractivity contribution in [3.63, 3.8) is 0 Å². The predicted octanol–water partition coefficient (Wildman–Crippen LogP) is 3.54. The lowest BCUT2D eigenvalue weighted by Crippen LogP contribution is -2.48. The second kappa shape index (κ2) is 15.2. The molecular formula is C35H45N9O6S. The molecule has 1 atom stereocenters. The summed E-state index contributed by atoms with van der Waals surface area (Å²) in [5.41, 5.74) is 9.02. The van der Waals surface area contributed by atoms with E-state index in [0.29, 0.717) is 61.7 Å². The summed E-state index contributed by atoms with van der Waals surface area (Å²) in [7, 11) is -2.08. The van der Waals surface area contributed by atoms with Gasteiger partial charge in [-0.1, -0.05) is 18.2 Å². The minimum absolute atomic E-state index is 0.119. The maximum atomic E-state index is 12.8. The Morgan fingerprint density at radius 3 is 2.53 bits per heavy atom. The summed E-state index contributed by atoms with van der Waals surface area (Å²) in [5.74, 6) is 0.996. The van der Waals surface area contributed by atoms with Crippen molar-refractivity contribution in [2.75, 3.05) is 81.4 Å². The van der Waals surface area contributed by atoms with Gasteiger partial charge < -0.3 is 40.2 Å². The maximum absolute atomic E-state index is 12.8. The Balaban J connectivity index is 1.34. The van der Waals surface area contributed by atoms with Crippen molar-refractivity contribution in [2.45, 2.75) is 37.5 Å². The molecule has 16 heteroatoms. The molecule has 272 valence electrons. The van der Waals surface area contributed by atoms with Gasteiger partial charge >= 0.3 is 6.01 Å². The summed E-state index contributed by atoms with van der Waals surface area (Å²) in [6.45, 7) is 11.2. The third-order valence-corrected chi connectivity index (χ3v) is 9.68. The van der Waals surface area contributed by atoms with E-state index in [-0.39, 0.29) is 16.9 Å². The normalized spacial score (nSPS) is 16.2. The van der Waals surface area contributed by atoms with Crippen LogP contribution in [0.3, 0.4) is 0 Å². The van der Waals surface area contributed by atoms with Gasteiger partial charge in [0.05, 0.1) is 48.3 Å². The van der Waals surface area contributed by atoms with Crippen LogP contribution < -0.4 is 35.5 Å². The summed E-state index contributed by atoms with van der Waals surface area (Å²) < 4.78 is 48.9. The van der Waals surface area contributed by atoms with Crippen LogP contribution in [0.4, 0.5) is 23.3 Å². The molecule has 1 fully saturated rings. The molecular weight excluding hydrogens is 675 g/mol. The fourth-order valence-corrected chi connectivity index (χ4v) is 6.67. The fourth-order valence-electron chi connectivity index (χ4n) is 6.02. The average Bonchev–Trinajstić information content (AvgIpc) is 3.44. The van der Waals surface area contributed by atoms with Gasteiger partial charge in [0, 0.05) is 71.1 Å². The molecule has 6 rings (SSSR count). The lowest BCUT2D eigenvalue weighted by Gasteiger charge is -2.34. The molecule has 15 nitrogen and oxygen atoms in total. The van der Waals surface area contributed by atoms with Crippen LogP contribution in [0.2, 0.25) is 0 Å². The molecule has 0 spiro atoms. The van der Waals surface area contributed by atoms with E-state index < -0.39 is 21.7 Å². The van der Waals surface area contributed by atoms with Gasteiger partial charge in [-0.15, -0.1) is 0 Å². The van der Waals surface area contributed by atoms with Crippen LogP contribution in [0.25, 0.3) is 0 Å². The number of pyridine rings is 1. The number of hydrogen-bond acceptors (Lipinski definition) is 15. The third-order valence-electron chi connectivity index (χ3n) is 8.57. The van der Waals surface area contributed by atoms with Gasteiger partial charge in [-0.3, -0.25) is 9.88 Å². The number of nitrogens with zero attached hydrogens (tertiary/aromatic N) is 6. The van der Waals surface area contributed by atoms with Crippen LogP contribution in [0.15, 0.2) is 59.6 Å². The Labute approximate surface area is 298 Å². The highest BCUT2D eigenvalue weighted by atomic mass is 32.2. The van der Waals surface area contributed by atoms with E-state index in [2.05, 4.69) is 30.4 Å². The van der Waals surface area contributed by atoms with E-state index in [9.17, 15) is 8.42 Å². The smallest absolute Gasteiger partial charge is 0.322 e. The SMILES string of the molecule is COc1nc(Nc2cc(S(C)(=O)=O)ccc2NC(c2cccc3c2OC(C)(C)O3)c2ncccc2C)nc(N2CCN(CCOCCN)CC2)n1. The predicted molar refractivity (Wildman–Crippen MR) is 194 cm³/mol. The highest BCUT2D eigenvalue weighted by Crippen LogP contribution is 2.46. The number of sulfone groups is 1. The number of nitrogens with two attached hydrogens (primary N) is 1. The van der Waals surface area contributed by atoms with Gasteiger partial charge in [0.1, 0.15) is 0 Å². The third kappa shape index (κ3) is 8.58. The minimum Gasteiger partial charge on any atom is -0.467 e. The average molecular weight is 720 g/mol. The number of hydrogen-bond donors (Lipinski definition) is 3. The van der Waals surface area contributed by atoms with E-state index >= 15 is 0 Å². The molecule has 1 unspecified atom stereocenters. The zero-order valence-electron chi connectivity index (χ0n) is 29.5. The Hall–Kier alpha value is -4.77. The number of piperazine rings is 1. The summed E-state index contributed by atoms with van der Waals surface area (Å²) in [6, 6.07) is 14.0. The van der Waals surface area contributed by atoms with Crippen molar-refractivity contribution in [3.8, 4) is 17.5 Å². The number of nitrogens with one attached hydrogen (secondary N) is 2. The molecule has 0 saturated carbocycles. The number of methoxy groups -OCH3 is 1. The first-order valence-corrected chi connectivity index (χ1v) is 18.7. The molecule has 4 N–H and O–H groups in total. The van der Waals surface area contributed by atoms with Crippen molar-refractivity contribution in [1.82, 2.24) is 24.8 Å². The van der Waals surface area contributed by atoms with Gasteiger partial charge in [0.15, 0.2) is 21.3 Å². The van der Waals surface area contributed by atoms with Crippen molar-refractivity contribution in [3.05, 3.63) is 71.5 Å². The maximum Gasteiger partial charge on any atom is 0.322 e. The van der Waals surface area contributed by atoms with Gasteiger partial charge in [-0.2, -0.15) is 15.0 Å². The molecule has 0 bridgehead atoms. The Morgan fingerprint density at radius 2 is 1.80 bits per heavy atom. The summed E-state index contributed by atoms with van der Waals surface area (Å²) in [4.78, 5) is 23.0. The van der Waals surface area contributed by atoms with E-state index in [0.717, 1.165) is 36.5 Å². The zero-order chi connectivity index (χ0) is 36.2. The molecule has 2 aromatic carbocycles. The molecule has 1 saturated heterocycles. The fraction of sp³-hybridized carbons (Fsp3) is 0.429. The van der Waals surface area contributed by atoms with Gasteiger partial charge in [0.2, 0.25) is 17.7 Å². The van der Waals surface area contributed by atoms with Crippen LogP contribution in [-0.2, 0) is 14.6 Å². The van der Waals surface area contributed by atoms with E-state index in [1.165, 1.54) is 13.4 Å². The monoisotopic (exact) mass is 719 g/mol. The molecule has 0 radical (unpaired) electrons. The molecule has 4 heterocycles. The van der Waals surface area contributed by atoms with E-state index in [1.807, 2.05) is 51.1 Å². The van der Waals surface area contributed by atoms with Gasteiger partial charge in [0.25, 0.3) is 0 Å². The van der Waals surface area contributed by atoms with Crippen LogP contribution >= 0.6 is 0 Å². The van der Waals surface area contributed by atoms with E-state index in [4.69, 9.17) is 34.6 Å². The number of aryl methyl sites for hydroxylation is 1. The Morgan fingerprint density at radius 1 is 1.00 bits per heavy atom. The Bertz CT molecular complexity index is 1950. The van der Waals surface area contributed by atoms with Gasteiger partial charge in [-0.05, 0) is 42.8 Å². The standard InChI is InChI=1S/C35H45N9O6S/c1-23-8-7-14-37-29(23)30(25-9-6-10-28-31(25)50-35(2,3)49-28)38-26-12-11-24(51(5,45)46)22-27(26)39-32-40-33(42-34(41-32)47-4)44-17-15-43(16-18-44)19-21-48-20-13-36/h6-12,14,22,30,38H,13,15-21,36H2,1-5H3,(H,39,40,41,42). The number of rotatable bonds is 14. The molecule has 2 aliphatic heterocycles. The molecule has 4 aromatic rings. The number of aromatic nitrogens is 4. The quantitative estimate of drug-likeness (QED) is 0.161. The van der Waals surface area contributed by atoms with Crippen molar-refractivity contribution >= 4 is 33.1 Å². The van der Waals surface area contributed by atoms with Gasteiger partial charge in [-0.25, -0.2) is 8.42 Å². The summed E-state index contributed by atoms with van der Waals surface area (Å²) in [6.07, 6.45) is 2.90. The first-order chi connectivity index (χ1) is 24.4. The number of para-hydroxylation sites is 1. The largest absolute Gasteiger partial charge is 0.467 e. The number of anilines is 4. The summed E-state index contributed by atoms with van der Waals surface area (Å²) >= 11 is 0. The zero-order valence-corrected chi connectivity index (χ0v) is 30.4. The second-order valence-electron chi connectivity index (χ2n) is 12.8. The molecule has 51 heavy (non-hydrogen) atoms. The Kier molecular flexibility index (Phi) is 10.8. The molecule has 2 aromatic heterocycles. The minimum atomic E-state index is -3.57. The molecule has 0 amide bonds. The number of ether oxygens (including phenoxy) is 4. The highest BCUT2D eigenvalue weighted by Gasteiger charge is 2.36. The lowest BCUT2D eigenvalue weighted by atomic mass is 9.98. The highest BCUT2D eigenvalue weighted by molar-refractivity contribution is 7.90. The number of benzene rings is 2. The lowest BCUT2D eigenvalue weighted by molar-refractivity contribution is -0.0435. The van der Waals surface area contributed by atoms with Crippen LogP contribution in [0.5, 0.6) is 17.5 Å². The number of fused-ring (bicyclic) bond motifs is 1. The van der Waals surface area contributed by atoms with Crippen LogP contribution in [0, 0.1) is 6.92 Å². The van der Waals surface area contributed by atoms with Crippen LogP contribution in [0.1, 0.15) is 36.7 Å². The molecule has 0 aliphatic carbocycles. The van der Waals surface area contributed by atoms with Crippen molar-refractivity contribution < 1.29 is 27.4 Å². The van der Waals surface area contributed by atoms with E-state index in [1.54, 1.807) is 24.4 Å². The topological polar surface area (TPSA) is 179 Å².